The Hall–Kier alpha value is -3.74. The molecule has 7 nitrogen and oxygen atoms in total. The molecule has 0 bridgehead atoms. The zero-order valence-corrected chi connectivity index (χ0v) is 15.5. The monoisotopic (exact) mass is 370 g/mol. The van der Waals surface area contributed by atoms with E-state index in [1.807, 2.05) is 50.5 Å². The van der Waals surface area contributed by atoms with Gasteiger partial charge in [-0.05, 0) is 24.8 Å². The molecule has 28 heavy (non-hydrogen) atoms. The van der Waals surface area contributed by atoms with Crippen molar-refractivity contribution in [3.05, 3.63) is 76.7 Å². The smallest absolute Gasteiger partial charge is 0.277 e. The van der Waals surface area contributed by atoms with Crippen LogP contribution in [0.15, 0.2) is 59.9 Å². The molecular formula is C21H18N6O. The molecule has 0 atom stereocenters. The summed E-state index contributed by atoms with van der Waals surface area (Å²) in [6, 6.07) is 10.1. The summed E-state index contributed by atoms with van der Waals surface area (Å²) in [6.45, 7) is 3.88. The second kappa shape index (κ2) is 6.16. The third-order valence-corrected chi connectivity index (χ3v) is 5.08. The first-order chi connectivity index (χ1) is 13.7. The van der Waals surface area contributed by atoms with Gasteiger partial charge in [0.25, 0.3) is 5.56 Å². The highest BCUT2D eigenvalue weighted by atomic mass is 16.1. The van der Waals surface area contributed by atoms with Crippen LogP contribution in [0.3, 0.4) is 0 Å². The summed E-state index contributed by atoms with van der Waals surface area (Å²) in [6.07, 6.45) is 7.86. The number of benzene rings is 1. The van der Waals surface area contributed by atoms with Gasteiger partial charge in [0.2, 0.25) is 0 Å². The lowest BCUT2D eigenvalue weighted by atomic mass is 10.1. The zero-order chi connectivity index (χ0) is 19.3. The summed E-state index contributed by atoms with van der Waals surface area (Å²) in [5, 5.41) is 10.9. The normalized spacial score (nSPS) is 11.5. The van der Waals surface area contributed by atoms with Crippen molar-refractivity contribution >= 4 is 16.4 Å². The Bertz CT molecular complexity index is 1390. The third kappa shape index (κ3) is 2.44. The number of H-pyrrole nitrogens is 1. The van der Waals surface area contributed by atoms with Gasteiger partial charge in [-0.3, -0.25) is 4.79 Å². The van der Waals surface area contributed by atoms with E-state index in [2.05, 4.69) is 26.2 Å². The van der Waals surface area contributed by atoms with Crippen molar-refractivity contribution in [2.24, 2.45) is 0 Å². The van der Waals surface area contributed by atoms with Crippen LogP contribution in [0.2, 0.25) is 0 Å². The van der Waals surface area contributed by atoms with E-state index >= 15 is 0 Å². The number of fused-ring (bicyclic) bond motifs is 2. The summed E-state index contributed by atoms with van der Waals surface area (Å²) < 4.78 is 3.16. The molecule has 0 saturated heterocycles. The van der Waals surface area contributed by atoms with Crippen LogP contribution in [0.1, 0.15) is 18.2 Å². The topological polar surface area (TPSA) is 80.9 Å². The first-order valence-electron chi connectivity index (χ1n) is 9.15. The predicted molar refractivity (Wildman–Crippen MR) is 108 cm³/mol. The van der Waals surface area contributed by atoms with E-state index < -0.39 is 0 Å². The van der Waals surface area contributed by atoms with Gasteiger partial charge in [0.15, 0.2) is 5.82 Å². The van der Waals surface area contributed by atoms with E-state index in [1.54, 1.807) is 17.1 Å². The van der Waals surface area contributed by atoms with E-state index in [0.717, 1.165) is 39.0 Å². The number of nitrogens with zero attached hydrogens (tertiary/aromatic N) is 5. The minimum absolute atomic E-state index is 0.0800. The van der Waals surface area contributed by atoms with Crippen molar-refractivity contribution in [3.63, 3.8) is 0 Å². The summed E-state index contributed by atoms with van der Waals surface area (Å²) in [5.41, 5.74) is 3.90. The standard InChI is InChI=1S/C21H18N6O/c1-3-17-13(2)25-20-18(11-24-27(20)21(17)28)16-10-23-26(12-16)19-8-14-6-4-5-7-15(14)9-22-19/h4-12,25H,3H2,1-2H3. The molecule has 138 valence electrons. The number of aromatic amines is 1. The highest BCUT2D eigenvalue weighted by Crippen LogP contribution is 2.24. The van der Waals surface area contributed by atoms with Gasteiger partial charge in [-0.15, -0.1) is 0 Å². The number of aryl methyl sites for hydroxylation is 1. The maximum atomic E-state index is 12.6. The lowest BCUT2D eigenvalue weighted by Crippen LogP contribution is -2.21. The largest absolute Gasteiger partial charge is 0.343 e. The second-order valence-electron chi connectivity index (χ2n) is 6.77. The molecule has 5 aromatic rings. The van der Waals surface area contributed by atoms with Crippen molar-refractivity contribution in [3.8, 4) is 16.9 Å². The van der Waals surface area contributed by atoms with Crippen LogP contribution in [0.4, 0.5) is 0 Å². The molecule has 7 heteroatoms. The van der Waals surface area contributed by atoms with Gasteiger partial charge in [-0.2, -0.15) is 14.7 Å². The molecule has 0 aliphatic carbocycles. The van der Waals surface area contributed by atoms with Crippen molar-refractivity contribution in [2.75, 3.05) is 0 Å². The van der Waals surface area contributed by atoms with Gasteiger partial charge < -0.3 is 4.98 Å². The molecule has 0 radical (unpaired) electrons. The molecule has 5 rings (SSSR count). The maximum absolute atomic E-state index is 12.6. The van der Waals surface area contributed by atoms with Crippen molar-refractivity contribution in [1.82, 2.24) is 29.4 Å². The van der Waals surface area contributed by atoms with Crippen LogP contribution in [0.5, 0.6) is 0 Å². The number of aromatic nitrogens is 6. The molecular weight excluding hydrogens is 352 g/mol. The Kier molecular flexibility index (Phi) is 3.61. The number of hydrogen-bond acceptors (Lipinski definition) is 4. The first kappa shape index (κ1) is 16.4. The molecule has 0 saturated carbocycles. The average Bonchev–Trinajstić information content (AvgIpc) is 3.35. The Balaban J connectivity index is 1.62. The minimum Gasteiger partial charge on any atom is -0.343 e. The van der Waals surface area contributed by atoms with Crippen LogP contribution in [-0.4, -0.2) is 29.4 Å². The Morgan fingerprint density at radius 3 is 2.71 bits per heavy atom. The molecule has 0 unspecified atom stereocenters. The van der Waals surface area contributed by atoms with Crippen LogP contribution in [0, 0.1) is 6.92 Å². The van der Waals surface area contributed by atoms with Crippen molar-refractivity contribution in [2.45, 2.75) is 20.3 Å². The molecule has 0 aliphatic rings. The average molecular weight is 370 g/mol. The van der Waals surface area contributed by atoms with E-state index in [-0.39, 0.29) is 5.56 Å². The maximum Gasteiger partial charge on any atom is 0.277 e. The fraction of sp³-hybridized carbons (Fsp3) is 0.143. The van der Waals surface area contributed by atoms with E-state index in [4.69, 9.17) is 0 Å². The predicted octanol–water partition coefficient (Wildman–Crippen LogP) is 3.29. The molecule has 0 fully saturated rings. The summed E-state index contributed by atoms with van der Waals surface area (Å²) in [4.78, 5) is 20.5. The van der Waals surface area contributed by atoms with Gasteiger partial charge in [0.05, 0.1) is 12.4 Å². The van der Waals surface area contributed by atoms with Crippen LogP contribution in [0.25, 0.3) is 33.4 Å². The molecule has 0 spiro atoms. The molecule has 4 aromatic heterocycles. The minimum atomic E-state index is -0.0800. The summed E-state index contributed by atoms with van der Waals surface area (Å²) in [5.74, 6) is 0.736. The Morgan fingerprint density at radius 2 is 1.89 bits per heavy atom. The molecule has 0 amide bonds. The molecule has 0 aliphatic heterocycles. The van der Waals surface area contributed by atoms with Gasteiger partial charge in [0.1, 0.15) is 5.65 Å². The third-order valence-electron chi connectivity index (χ3n) is 5.08. The van der Waals surface area contributed by atoms with E-state index in [0.29, 0.717) is 12.1 Å². The lowest BCUT2D eigenvalue weighted by molar-refractivity contribution is 0.850. The number of pyridine rings is 1. The van der Waals surface area contributed by atoms with Crippen LogP contribution in [-0.2, 0) is 6.42 Å². The number of rotatable bonds is 3. The highest BCUT2D eigenvalue weighted by molar-refractivity contribution is 5.83. The number of hydrogen-bond donors (Lipinski definition) is 1. The van der Waals surface area contributed by atoms with Gasteiger partial charge in [-0.25, -0.2) is 9.67 Å². The second-order valence-corrected chi connectivity index (χ2v) is 6.77. The van der Waals surface area contributed by atoms with Gasteiger partial charge >= 0.3 is 0 Å². The summed E-state index contributed by atoms with van der Waals surface area (Å²) in [7, 11) is 0. The van der Waals surface area contributed by atoms with E-state index in [9.17, 15) is 4.79 Å². The van der Waals surface area contributed by atoms with Crippen molar-refractivity contribution in [1.29, 1.82) is 0 Å². The Labute approximate surface area is 160 Å². The molecule has 4 heterocycles. The fourth-order valence-corrected chi connectivity index (χ4v) is 3.58. The SMILES string of the molecule is CCc1c(C)[nH]c2c(-c3cnn(-c4cc5ccccc5cn4)c3)cnn2c1=O. The van der Waals surface area contributed by atoms with Crippen LogP contribution >= 0.6 is 0 Å². The molecule has 1 aromatic carbocycles. The van der Waals surface area contributed by atoms with Crippen molar-refractivity contribution < 1.29 is 0 Å². The fourth-order valence-electron chi connectivity index (χ4n) is 3.58. The highest BCUT2D eigenvalue weighted by Gasteiger charge is 2.15. The first-order valence-corrected chi connectivity index (χ1v) is 9.15. The van der Waals surface area contributed by atoms with E-state index in [1.165, 1.54) is 4.52 Å². The number of nitrogens with one attached hydrogen (secondary N) is 1. The quantitative estimate of drug-likeness (QED) is 0.528. The summed E-state index contributed by atoms with van der Waals surface area (Å²) >= 11 is 0. The zero-order valence-electron chi connectivity index (χ0n) is 15.5. The lowest BCUT2D eigenvalue weighted by Gasteiger charge is -2.04. The van der Waals surface area contributed by atoms with Gasteiger partial charge in [0, 0.05) is 40.2 Å². The Morgan fingerprint density at radius 1 is 1.07 bits per heavy atom. The van der Waals surface area contributed by atoms with Crippen LogP contribution < -0.4 is 5.56 Å². The van der Waals surface area contributed by atoms with Gasteiger partial charge in [-0.1, -0.05) is 31.2 Å². The molecule has 1 N–H and O–H groups in total.